The van der Waals surface area contributed by atoms with Crippen molar-refractivity contribution in [2.45, 2.75) is 11.8 Å². The molecule has 0 atom stereocenters. The molecule has 0 saturated carbocycles. The molecule has 7 heteroatoms. The number of hydrogen-bond donors (Lipinski definition) is 0. The van der Waals surface area contributed by atoms with Gasteiger partial charge in [-0.15, -0.1) is 0 Å². The summed E-state index contributed by atoms with van der Waals surface area (Å²) in [5, 5.41) is 0.642. The third kappa shape index (κ3) is 2.77. The van der Waals surface area contributed by atoms with Gasteiger partial charge in [0, 0.05) is 18.5 Å². The summed E-state index contributed by atoms with van der Waals surface area (Å²) in [6.45, 7) is 1.31. The summed E-state index contributed by atoms with van der Waals surface area (Å²) in [5.41, 5.74) is 0.497. The number of hydrogen-bond acceptors (Lipinski definition) is 4. The van der Waals surface area contributed by atoms with E-state index in [4.69, 9.17) is 4.74 Å². The number of carbonyl (C=O) groups is 1. The summed E-state index contributed by atoms with van der Waals surface area (Å²) in [5.74, 6) is -0.0961. The van der Waals surface area contributed by atoms with Crippen LogP contribution in [0.1, 0.15) is 6.92 Å². The van der Waals surface area contributed by atoms with E-state index < -0.39 is 16.0 Å². The van der Waals surface area contributed by atoms with Crippen molar-refractivity contribution in [3.8, 4) is 5.75 Å². The molecule has 0 N–H and O–H groups in total. The Morgan fingerprint density at radius 2 is 1.78 bits per heavy atom. The standard InChI is InChI=1S/C16H12BrNO4S/c1-11(19)22-15-8-7-14-13(16(15)17)9-10-18(14)23(20,21)12-5-3-2-4-6-12/h2-10H,1H3. The minimum Gasteiger partial charge on any atom is -0.425 e. The Kier molecular flexibility index (Phi) is 3.99. The predicted octanol–water partition coefficient (Wildman–Crippen LogP) is 3.57. The number of ether oxygens (including phenoxy) is 1. The summed E-state index contributed by atoms with van der Waals surface area (Å²) in [6, 6.07) is 13.0. The second-order valence-electron chi connectivity index (χ2n) is 4.83. The number of nitrogens with zero attached hydrogens (tertiary/aromatic N) is 1. The van der Waals surface area contributed by atoms with Gasteiger partial charge in [0.1, 0.15) is 5.75 Å². The first-order chi connectivity index (χ1) is 10.9. The number of esters is 1. The van der Waals surface area contributed by atoms with Crippen molar-refractivity contribution < 1.29 is 17.9 Å². The van der Waals surface area contributed by atoms with E-state index in [9.17, 15) is 13.2 Å². The lowest BCUT2D eigenvalue weighted by molar-refractivity contribution is -0.131. The largest absolute Gasteiger partial charge is 0.425 e. The van der Waals surface area contributed by atoms with Crippen molar-refractivity contribution in [1.82, 2.24) is 3.97 Å². The zero-order chi connectivity index (χ0) is 16.6. The molecule has 0 radical (unpaired) electrons. The maximum Gasteiger partial charge on any atom is 0.308 e. The van der Waals surface area contributed by atoms with E-state index in [1.165, 1.54) is 17.1 Å². The molecule has 1 heterocycles. The van der Waals surface area contributed by atoms with Crippen LogP contribution in [0.5, 0.6) is 5.75 Å². The lowest BCUT2D eigenvalue weighted by atomic mass is 10.2. The van der Waals surface area contributed by atoms with Crippen molar-refractivity contribution in [2.75, 3.05) is 0 Å². The molecule has 3 rings (SSSR count). The number of rotatable bonds is 3. The van der Waals surface area contributed by atoms with Gasteiger partial charge in [-0.25, -0.2) is 12.4 Å². The van der Waals surface area contributed by atoms with Crippen LogP contribution in [0.25, 0.3) is 10.9 Å². The number of benzene rings is 2. The van der Waals surface area contributed by atoms with Gasteiger partial charge in [-0.2, -0.15) is 0 Å². The normalized spacial score (nSPS) is 11.6. The van der Waals surface area contributed by atoms with Crippen LogP contribution in [0.3, 0.4) is 0 Å². The van der Waals surface area contributed by atoms with Gasteiger partial charge >= 0.3 is 5.97 Å². The smallest absolute Gasteiger partial charge is 0.308 e. The summed E-state index contributed by atoms with van der Waals surface area (Å²) in [6.07, 6.45) is 1.48. The molecular weight excluding hydrogens is 382 g/mol. The maximum absolute atomic E-state index is 12.7. The van der Waals surface area contributed by atoms with Crippen LogP contribution in [0, 0.1) is 0 Å². The van der Waals surface area contributed by atoms with Crippen molar-refractivity contribution >= 4 is 42.8 Å². The quantitative estimate of drug-likeness (QED) is 0.503. The Bertz CT molecular complexity index is 994. The van der Waals surface area contributed by atoms with Crippen molar-refractivity contribution in [2.24, 2.45) is 0 Å². The topological polar surface area (TPSA) is 65.4 Å². The fourth-order valence-corrected chi connectivity index (χ4v) is 4.20. The molecule has 0 saturated heterocycles. The highest BCUT2D eigenvalue weighted by molar-refractivity contribution is 9.10. The Morgan fingerprint density at radius 3 is 2.43 bits per heavy atom. The third-order valence-corrected chi connectivity index (χ3v) is 5.81. The van der Waals surface area contributed by atoms with Crippen LogP contribution in [-0.2, 0) is 14.8 Å². The highest BCUT2D eigenvalue weighted by Crippen LogP contribution is 2.35. The minimum absolute atomic E-state index is 0.206. The van der Waals surface area contributed by atoms with Crippen LogP contribution < -0.4 is 4.74 Å². The zero-order valence-electron chi connectivity index (χ0n) is 12.1. The summed E-state index contributed by atoms with van der Waals surface area (Å²) >= 11 is 3.36. The minimum atomic E-state index is -3.69. The summed E-state index contributed by atoms with van der Waals surface area (Å²) in [7, 11) is -3.69. The first kappa shape index (κ1) is 15.8. The van der Waals surface area contributed by atoms with Gasteiger partial charge in [0.2, 0.25) is 0 Å². The first-order valence-corrected chi connectivity index (χ1v) is 8.93. The predicted molar refractivity (Wildman–Crippen MR) is 90.0 cm³/mol. The Labute approximate surface area is 141 Å². The van der Waals surface area contributed by atoms with E-state index in [-0.39, 0.29) is 4.90 Å². The molecule has 0 aliphatic carbocycles. The Balaban J connectivity index is 2.18. The van der Waals surface area contributed by atoms with Crippen LogP contribution >= 0.6 is 15.9 Å². The number of carbonyl (C=O) groups excluding carboxylic acids is 1. The van der Waals surface area contributed by atoms with E-state index in [1.54, 1.807) is 48.5 Å². The molecule has 0 amide bonds. The van der Waals surface area contributed by atoms with E-state index in [0.29, 0.717) is 21.1 Å². The lowest BCUT2D eigenvalue weighted by Crippen LogP contribution is -2.11. The number of fused-ring (bicyclic) bond motifs is 1. The molecule has 0 aliphatic heterocycles. The third-order valence-electron chi connectivity index (χ3n) is 3.29. The molecule has 5 nitrogen and oxygen atoms in total. The van der Waals surface area contributed by atoms with E-state index in [2.05, 4.69) is 15.9 Å². The molecule has 0 bridgehead atoms. The molecule has 2 aromatic carbocycles. The molecule has 0 aliphatic rings. The average Bonchev–Trinajstić information content (AvgIpc) is 2.96. The molecule has 23 heavy (non-hydrogen) atoms. The maximum atomic E-state index is 12.7. The second kappa shape index (κ2) is 5.82. The van der Waals surface area contributed by atoms with E-state index in [0.717, 1.165) is 0 Å². The number of aromatic nitrogens is 1. The Morgan fingerprint density at radius 1 is 1.09 bits per heavy atom. The van der Waals surface area contributed by atoms with Crippen molar-refractivity contribution in [1.29, 1.82) is 0 Å². The SMILES string of the molecule is CC(=O)Oc1ccc2c(ccn2S(=O)(=O)c2ccccc2)c1Br. The van der Waals surface area contributed by atoms with E-state index in [1.807, 2.05) is 0 Å². The van der Waals surface area contributed by atoms with Crippen LogP contribution in [0.2, 0.25) is 0 Å². The van der Waals surface area contributed by atoms with Gasteiger partial charge in [-0.1, -0.05) is 18.2 Å². The lowest BCUT2D eigenvalue weighted by Gasteiger charge is -2.09. The molecule has 118 valence electrons. The second-order valence-corrected chi connectivity index (χ2v) is 7.44. The average molecular weight is 394 g/mol. The molecule has 1 aromatic heterocycles. The fourth-order valence-electron chi connectivity index (χ4n) is 2.29. The van der Waals surface area contributed by atoms with Crippen molar-refractivity contribution in [3.05, 3.63) is 59.2 Å². The highest BCUT2D eigenvalue weighted by Gasteiger charge is 2.20. The molecule has 0 fully saturated rings. The van der Waals surface area contributed by atoms with Crippen LogP contribution in [0.4, 0.5) is 0 Å². The molecule has 3 aromatic rings. The van der Waals surface area contributed by atoms with Gasteiger partial charge in [0.15, 0.2) is 0 Å². The van der Waals surface area contributed by atoms with Gasteiger partial charge in [-0.05, 0) is 46.3 Å². The van der Waals surface area contributed by atoms with E-state index >= 15 is 0 Å². The monoisotopic (exact) mass is 393 g/mol. The summed E-state index contributed by atoms with van der Waals surface area (Å²) in [4.78, 5) is 11.3. The Hall–Kier alpha value is -2.12. The van der Waals surface area contributed by atoms with Gasteiger partial charge in [0.25, 0.3) is 10.0 Å². The summed E-state index contributed by atoms with van der Waals surface area (Å²) < 4.78 is 32.3. The van der Waals surface area contributed by atoms with Gasteiger partial charge < -0.3 is 4.74 Å². The van der Waals surface area contributed by atoms with Gasteiger partial charge in [-0.3, -0.25) is 4.79 Å². The first-order valence-electron chi connectivity index (χ1n) is 6.70. The van der Waals surface area contributed by atoms with Crippen molar-refractivity contribution in [3.63, 3.8) is 0 Å². The molecule has 0 spiro atoms. The molecular formula is C16H12BrNO4S. The fraction of sp³-hybridized carbons (Fsp3) is 0.0625. The molecule has 0 unspecified atom stereocenters. The highest BCUT2D eigenvalue weighted by atomic mass is 79.9. The number of halogens is 1. The van der Waals surface area contributed by atoms with Crippen LogP contribution in [0.15, 0.2) is 64.1 Å². The zero-order valence-corrected chi connectivity index (χ0v) is 14.5. The van der Waals surface area contributed by atoms with Gasteiger partial charge in [0.05, 0.1) is 14.9 Å². The van der Waals surface area contributed by atoms with Crippen LogP contribution in [-0.4, -0.2) is 18.4 Å².